The number of hydrogen-bond donors (Lipinski definition) is 1. The van der Waals surface area contributed by atoms with Crippen molar-refractivity contribution >= 4 is 0 Å². The maximum Gasteiger partial charge on any atom is 0.0589 e. The lowest BCUT2D eigenvalue weighted by Crippen LogP contribution is -2.43. The lowest BCUT2D eigenvalue weighted by atomic mass is 9.92. The Bertz CT molecular complexity index is 223. The minimum absolute atomic E-state index is 0.883. The van der Waals surface area contributed by atoms with Crippen LogP contribution in [0.5, 0.6) is 0 Å². The van der Waals surface area contributed by atoms with Gasteiger partial charge in [-0.15, -0.1) is 0 Å². The highest BCUT2D eigenvalue weighted by Gasteiger charge is 2.19. The summed E-state index contributed by atoms with van der Waals surface area (Å²) >= 11 is 0. The van der Waals surface area contributed by atoms with Crippen LogP contribution < -0.4 is 5.32 Å². The third-order valence-corrected chi connectivity index (χ3v) is 4.62. The van der Waals surface area contributed by atoms with Crippen LogP contribution >= 0.6 is 0 Å². The third kappa shape index (κ3) is 5.78. The van der Waals surface area contributed by atoms with Gasteiger partial charge in [0.2, 0.25) is 0 Å². The molecule has 0 unspecified atom stereocenters. The third-order valence-electron chi connectivity index (χ3n) is 4.62. The van der Waals surface area contributed by atoms with Crippen molar-refractivity contribution in [3.8, 4) is 0 Å². The molecule has 0 aliphatic carbocycles. The number of piperidine rings is 1. The lowest BCUT2D eigenvalue weighted by molar-refractivity contribution is 0.116. The Balaban J connectivity index is 1.50. The van der Waals surface area contributed by atoms with Gasteiger partial charge < -0.3 is 19.9 Å². The monoisotopic (exact) mass is 269 g/mol. The van der Waals surface area contributed by atoms with Crippen molar-refractivity contribution in [2.75, 3.05) is 66.1 Å². The Kier molecular flexibility index (Phi) is 7.14. The van der Waals surface area contributed by atoms with Gasteiger partial charge in [-0.1, -0.05) is 0 Å². The zero-order chi connectivity index (χ0) is 13.3. The number of piperazine rings is 1. The fourth-order valence-corrected chi connectivity index (χ4v) is 3.26. The molecule has 0 bridgehead atoms. The summed E-state index contributed by atoms with van der Waals surface area (Å²) in [5, 5.41) is 3.42. The zero-order valence-electron chi connectivity index (χ0n) is 12.6. The second-order valence-corrected chi connectivity index (χ2v) is 6.01. The largest absolute Gasteiger partial charge is 0.383 e. The first kappa shape index (κ1) is 15.2. The van der Waals surface area contributed by atoms with E-state index in [1.807, 2.05) is 0 Å². The number of methoxy groups -OCH3 is 1. The van der Waals surface area contributed by atoms with E-state index < -0.39 is 0 Å². The molecule has 0 amide bonds. The van der Waals surface area contributed by atoms with E-state index in [0.29, 0.717) is 0 Å². The number of ether oxygens (including phenoxy) is 1. The molecule has 2 aliphatic rings. The lowest BCUT2D eigenvalue weighted by Gasteiger charge is -2.32. The highest BCUT2D eigenvalue weighted by atomic mass is 16.5. The molecule has 2 rings (SSSR count). The van der Waals surface area contributed by atoms with E-state index in [0.717, 1.165) is 19.1 Å². The fraction of sp³-hybridized carbons (Fsp3) is 1.00. The highest BCUT2D eigenvalue weighted by molar-refractivity contribution is 4.73. The van der Waals surface area contributed by atoms with Crippen LogP contribution in [0.2, 0.25) is 0 Å². The zero-order valence-corrected chi connectivity index (χ0v) is 12.6. The number of nitrogens with one attached hydrogen (secondary N) is 1. The first-order chi connectivity index (χ1) is 9.38. The van der Waals surface area contributed by atoms with E-state index in [-0.39, 0.29) is 0 Å². The molecule has 1 N–H and O–H groups in total. The molecular weight excluding hydrogens is 238 g/mol. The topological polar surface area (TPSA) is 27.7 Å². The molecule has 2 fully saturated rings. The molecule has 2 aliphatic heterocycles. The molecular formula is C15H31N3O. The molecule has 4 heteroatoms. The van der Waals surface area contributed by atoms with Gasteiger partial charge in [-0.2, -0.15) is 0 Å². The van der Waals surface area contributed by atoms with Crippen molar-refractivity contribution in [2.45, 2.75) is 25.7 Å². The van der Waals surface area contributed by atoms with Crippen LogP contribution in [0.4, 0.5) is 0 Å². The summed E-state index contributed by atoms with van der Waals surface area (Å²) in [5.74, 6) is 0.974. The summed E-state index contributed by atoms with van der Waals surface area (Å²) in [6, 6.07) is 0. The minimum atomic E-state index is 0.883. The van der Waals surface area contributed by atoms with Gasteiger partial charge >= 0.3 is 0 Å². The van der Waals surface area contributed by atoms with E-state index in [2.05, 4.69) is 15.1 Å². The Morgan fingerprint density at radius 1 is 1.00 bits per heavy atom. The molecule has 0 aromatic heterocycles. The predicted molar refractivity (Wildman–Crippen MR) is 79.6 cm³/mol. The van der Waals surface area contributed by atoms with Gasteiger partial charge in [0.15, 0.2) is 0 Å². The van der Waals surface area contributed by atoms with Crippen LogP contribution in [0.25, 0.3) is 0 Å². The molecule has 2 heterocycles. The normalized spacial score (nSPS) is 23.8. The molecule has 0 aromatic rings. The Morgan fingerprint density at radius 3 is 2.37 bits per heavy atom. The second kappa shape index (κ2) is 8.90. The molecule has 112 valence electrons. The molecule has 19 heavy (non-hydrogen) atoms. The van der Waals surface area contributed by atoms with Crippen molar-refractivity contribution in [2.24, 2.45) is 5.92 Å². The van der Waals surface area contributed by atoms with E-state index in [9.17, 15) is 0 Å². The van der Waals surface area contributed by atoms with E-state index in [4.69, 9.17) is 4.74 Å². The number of nitrogens with zero attached hydrogens (tertiary/aromatic N) is 2. The average Bonchev–Trinajstić information content (AvgIpc) is 2.47. The minimum Gasteiger partial charge on any atom is -0.383 e. The van der Waals surface area contributed by atoms with Gasteiger partial charge in [0, 0.05) is 39.8 Å². The van der Waals surface area contributed by atoms with Crippen molar-refractivity contribution in [3.05, 3.63) is 0 Å². The first-order valence-corrected chi connectivity index (χ1v) is 8.03. The van der Waals surface area contributed by atoms with Gasteiger partial charge in [-0.25, -0.2) is 0 Å². The molecule has 0 radical (unpaired) electrons. The average molecular weight is 269 g/mol. The fourth-order valence-electron chi connectivity index (χ4n) is 3.26. The summed E-state index contributed by atoms with van der Waals surface area (Å²) in [6.45, 7) is 10.7. The van der Waals surface area contributed by atoms with Crippen molar-refractivity contribution < 1.29 is 4.74 Å². The van der Waals surface area contributed by atoms with Gasteiger partial charge in [-0.05, 0) is 51.2 Å². The van der Waals surface area contributed by atoms with E-state index in [1.165, 1.54) is 71.5 Å². The standard InChI is InChI=1S/C15H31N3O/c1-19-14-13-18-9-4-15(5-10-18)3-2-8-17-11-6-16-7-12-17/h15-16H,2-14H2,1H3. The quantitative estimate of drug-likeness (QED) is 0.747. The van der Waals surface area contributed by atoms with Crippen LogP contribution in [-0.4, -0.2) is 75.9 Å². The first-order valence-electron chi connectivity index (χ1n) is 8.03. The van der Waals surface area contributed by atoms with Crippen LogP contribution in [0.1, 0.15) is 25.7 Å². The van der Waals surface area contributed by atoms with Crippen LogP contribution in [0.3, 0.4) is 0 Å². The smallest absolute Gasteiger partial charge is 0.0589 e. The SMILES string of the molecule is COCCN1CCC(CCCN2CCNCC2)CC1. The maximum absolute atomic E-state index is 5.15. The Labute approximate surface area is 118 Å². The van der Waals surface area contributed by atoms with Crippen molar-refractivity contribution in [1.82, 2.24) is 15.1 Å². The van der Waals surface area contributed by atoms with Crippen LogP contribution in [0, 0.1) is 5.92 Å². The van der Waals surface area contributed by atoms with Crippen molar-refractivity contribution in [1.29, 1.82) is 0 Å². The summed E-state index contributed by atoms with van der Waals surface area (Å²) in [7, 11) is 1.79. The molecule has 0 atom stereocenters. The van der Waals surface area contributed by atoms with E-state index in [1.54, 1.807) is 7.11 Å². The summed E-state index contributed by atoms with van der Waals surface area (Å²) < 4.78 is 5.15. The molecule has 4 nitrogen and oxygen atoms in total. The van der Waals surface area contributed by atoms with Gasteiger partial charge in [0.1, 0.15) is 0 Å². The molecule has 0 spiro atoms. The van der Waals surface area contributed by atoms with E-state index >= 15 is 0 Å². The number of rotatable bonds is 7. The van der Waals surface area contributed by atoms with Crippen LogP contribution in [0.15, 0.2) is 0 Å². The summed E-state index contributed by atoms with van der Waals surface area (Å²) in [5.41, 5.74) is 0. The number of hydrogen-bond acceptors (Lipinski definition) is 4. The maximum atomic E-state index is 5.15. The van der Waals surface area contributed by atoms with Gasteiger partial charge in [0.25, 0.3) is 0 Å². The number of likely N-dealkylation sites (tertiary alicyclic amines) is 1. The Morgan fingerprint density at radius 2 is 1.68 bits per heavy atom. The molecule has 2 saturated heterocycles. The Hall–Kier alpha value is -0.160. The van der Waals surface area contributed by atoms with Crippen LogP contribution in [-0.2, 0) is 4.74 Å². The summed E-state index contributed by atoms with van der Waals surface area (Å²) in [6.07, 6.45) is 5.61. The highest BCUT2D eigenvalue weighted by Crippen LogP contribution is 2.21. The molecule has 0 saturated carbocycles. The predicted octanol–water partition coefficient (Wildman–Crippen LogP) is 1.03. The van der Waals surface area contributed by atoms with Gasteiger partial charge in [-0.3, -0.25) is 0 Å². The summed E-state index contributed by atoms with van der Waals surface area (Å²) in [4.78, 5) is 5.17. The second-order valence-electron chi connectivity index (χ2n) is 6.01. The van der Waals surface area contributed by atoms with Gasteiger partial charge in [0.05, 0.1) is 6.61 Å². The van der Waals surface area contributed by atoms with Crippen molar-refractivity contribution in [3.63, 3.8) is 0 Å². The molecule has 0 aromatic carbocycles.